The van der Waals surface area contributed by atoms with Gasteiger partial charge in [-0.2, -0.15) is 0 Å². The summed E-state index contributed by atoms with van der Waals surface area (Å²) >= 11 is 0. The first kappa shape index (κ1) is 12.1. The highest BCUT2D eigenvalue weighted by Gasteiger charge is 2.12. The van der Waals surface area contributed by atoms with E-state index in [1.165, 1.54) is 6.07 Å². The van der Waals surface area contributed by atoms with Gasteiger partial charge in [0, 0.05) is 31.7 Å². The van der Waals surface area contributed by atoms with Gasteiger partial charge >= 0.3 is 0 Å². The third-order valence-corrected chi connectivity index (χ3v) is 2.77. The van der Waals surface area contributed by atoms with Gasteiger partial charge in [0.05, 0.1) is 6.61 Å². The quantitative estimate of drug-likeness (QED) is 0.667. The summed E-state index contributed by atoms with van der Waals surface area (Å²) in [6, 6.07) is 1.70. The van der Waals surface area contributed by atoms with E-state index in [1.807, 2.05) is 0 Å². The molecule has 1 aromatic heterocycles. The fourth-order valence-electron chi connectivity index (χ4n) is 1.94. The molecule has 1 saturated heterocycles. The number of nitrogen functional groups attached to an aromatic ring is 1. The largest absolute Gasteiger partial charge is 0.383 e. The standard InChI is InChI=1S/C11H18N4O2/c12-9-6-11(16)15-10(14-9)3-4-13-8-2-1-5-17-7-8/h6,8,13H,1-5,7H2,(H3,12,14,15,16)/t8-/m0/s1. The second-order valence-corrected chi connectivity index (χ2v) is 4.24. The number of aromatic nitrogens is 2. The summed E-state index contributed by atoms with van der Waals surface area (Å²) in [6.45, 7) is 2.39. The molecule has 94 valence electrons. The molecule has 1 aliphatic heterocycles. The molecule has 0 aromatic carbocycles. The Bertz CT molecular complexity index is 412. The first-order valence-corrected chi connectivity index (χ1v) is 5.91. The normalized spacial score (nSPS) is 20.4. The number of rotatable bonds is 4. The van der Waals surface area contributed by atoms with E-state index in [-0.39, 0.29) is 11.4 Å². The molecule has 1 aromatic rings. The number of aromatic amines is 1. The minimum atomic E-state index is -0.200. The van der Waals surface area contributed by atoms with Gasteiger partial charge in [-0.3, -0.25) is 4.79 Å². The highest BCUT2D eigenvalue weighted by atomic mass is 16.5. The van der Waals surface area contributed by atoms with Crippen LogP contribution in [-0.2, 0) is 11.2 Å². The maximum Gasteiger partial charge on any atom is 0.252 e. The molecular formula is C11H18N4O2. The third kappa shape index (κ3) is 3.83. The second-order valence-electron chi connectivity index (χ2n) is 4.24. The van der Waals surface area contributed by atoms with Crippen molar-refractivity contribution in [3.63, 3.8) is 0 Å². The van der Waals surface area contributed by atoms with E-state index < -0.39 is 0 Å². The van der Waals surface area contributed by atoms with Crippen molar-refractivity contribution in [2.45, 2.75) is 25.3 Å². The number of nitrogens with two attached hydrogens (primary N) is 1. The van der Waals surface area contributed by atoms with Crippen LogP contribution >= 0.6 is 0 Å². The molecule has 6 heteroatoms. The highest BCUT2D eigenvalue weighted by Crippen LogP contribution is 2.05. The van der Waals surface area contributed by atoms with E-state index in [2.05, 4.69) is 15.3 Å². The Morgan fingerprint density at radius 1 is 1.65 bits per heavy atom. The minimum Gasteiger partial charge on any atom is -0.383 e. The second kappa shape index (κ2) is 5.79. The lowest BCUT2D eigenvalue weighted by molar-refractivity contribution is 0.0707. The van der Waals surface area contributed by atoms with Crippen molar-refractivity contribution in [1.82, 2.24) is 15.3 Å². The number of H-pyrrole nitrogens is 1. The van der Waals surface area contributed by atoms with Crippen molar-refractivity contribution in [2.75, 3.05) is 25.5 Å². The zero-order valence-corrected chi connectivity index (χ0v) is 9.74. The number of ether oxygens (including phenoxy) is 1. The molecule has 0 amide bonds. The Kier molecular flexibility index (Phi) is 4.11. The number of anilines is 1. The van der Waals surface area contributed by atoms with Gasteiger partial charge in [-0.05, 0) is 12.8 Å². The van der Waals surface area contributed by atoms with Crippen molar-refractivity contribution in [3.8, 4) is 0 Å². The molecule has 0 aliphatic carbocycles. The predicted molar refractivity (Wildman–Crippen MR) is 64.8 cm³/mol. The summed E-state index contributed by atoms with van der Waals surface area (Å²) in [6.07, 6.45) is 2.91. The van der Waals surface area contributed by atoms with E-state index in [0.29, 0.717) is 18.3 Å². The van der Waals surface area contributed by atoms with Crippen LogP contribution in [0.1, 0.15) is 18.7 Å². The topological polar surface area (TPSA) is 93.0 Å². The molecule has 0 spiro atoms. The number of nitrogens with one attached hydrogen (secondary N) is 2. The Morgan fingerprint density at radius 3 is 3.24 bits per heavy atom. The van der Waals surface area contributed by atoms with Gasteiger partial charge in [0.2, 0.25) is 0 Å². The Hall–Kier alpha value is -1.40. The van der Waals surface area contributed by atoms with Crippen molar-refractivity contribution in [2.24, 2.45) is 0 Å². The summed E-state index contributed by atoms with van der Waals surface area (Å²) in [5.74, 6) is 0.893. The predicted octanol–water partition coefficient (Wildman–Crippen LogP) is -0.337. The van der Waals surface area contributed by atoms with Crippen LogP contribution in [0.4, 0.5) is 5.82 Å². The summed E-state index contributed by atoms with van der Waals surface area (Å²) in [5, 5.41) is 3.38. The molecule has 1 aliphatic rings. The van der Waals surface area contributed by atoms with E-state index in [4.69, 9.17) is 10.5 Å². The molecule has 2 rings (SSSR count). The number of hydrogen-bond donors (Lipinski definition) is 3. The molecule has 1 atom stereocenters. The van der Waals surface area contributed by atoms with Crippen LogP contribution < -0.4 is 16.6 Å². The average Bonchev–Trinajstić information content (AvgIpc) is 2.29. The van der Waals surface area contributed by atoms with Gasteiger partial charge in [0.1, 0.15) is 11.6 Å². The molecule has 0 unspecified atom stereocenters. The van der Waals surface area contributed by atoms with E-state index in [1.54, 1.807) is 0 Å². The number of nitrogens with zero attached hydrogens (tertiary/aromatic N) is 1. The zero-order valence-electron chi connectivity index (χ0n) is 9.74. The molecule has 17 heavy (non-hydrogen) atoms. The van der Waals surface area contributed by atoms with Crippen molar-refractivity contribution in [1.29, 1.82) is 0 Å². The number of hydrogen-bond acceptors (Lipinski definition) is 5. The van der Waals surface area contributed by atoms with Crippen LogP contribution in [-0.4, -0.2) is 35.8 Å². The lowest BCUT2D eigenvalue weighted by Gasteiger charge is -2.23. The smallest absolute Gasteiger partial charge is 0.252 e. The van der Waals surface area contributed by atoms with E-state index in [9.17, 15) is 4.79 Å². The van der Waals surface area contributed by atoms with Crippen LogP contribution in [0.15, 0.2) is 10.9 Å². The summed E-state index contributed by atoms with van der Waals surface area (Å²) < 4.78 is 5.37. The first-order valence-electron chi connectivity index (χ1n) is 5.91. The first-order chi connectivity index (χ1) is 8.24. The van der Waals surface area contributed by atoms with Crippen LogP contribution in [0.3, 0.4) is 0 Å². The molecular weight excluding hydrogens is 220 g/mol. The Balaban J connectivity index is 1.79. The van der Waals surface area contributed by atoms with Crippen LogP contribution in [0, 0.1) is 0 Å². The van der Waals surface area contributed by atoms with E-state index >= 15 is 0 Å². The van der Waals surface area contributed by atoms with Crippen LogP contribution in [0.5, 0.6) is 0 Å². The fourth-order valence-corrected chi connectivity index (χ4v) is 1.94. The minimum absolute atomic E-state index is 0.200. The SMILES string of the molecule is Nc1cc(=O)[nH]c(CCN[C@H]2CCCOC2)n1. The molecule has 4 N–H and O–H groups in total. The monoisotopic (exact) mass is 238 g/mol. The van der Waals surface area contributed by atoms with Crippen LogP contribution in [0.25, 0.3) is 0 Å². The van der Waals surface area contributed by atoms with Crippen molar-refractivity contribution < 1.29 is 4.74 Å². The lowest BCUT2D eigenvalue weighted by atomic mass is 10.1. The Labute approximate surface area is 99.6 Å². The molecule has 0 radical (unpaired) electrons. The maximum absolute atomic E-state index is 11.2. The zero-order chi connectivity index (χ0) is 12.1. The summed E-state index contributed by atoms with van der Waals surface area (Å²) in [7, 11) is 0. The summed E-state index contributed by atoms with van der Waals surface area (Å²) in [5.41, 5.74) is 5.30. The Morgan fingerprint density at radius 2 is 2.53 bits per heavy atom. The molecule has 0 saturated carbocycles. The van der Waals surface area contributed by atoms with Crippen molar-refractivity contribution >= 4 is 5.82 Å². The maximum atomic E-state index is 11.2. The molecule has 6 nitrogen and oxygen atoms in total. The van der Waals surface area contributed by atoms with Gasteiger partial charge < -0.3 is 20.8 Å². The van der Waals surface area contributed by atoms with Crippen molar-refractivity contribution in [3.05, 3.63) is 22.2 Å². The highest BCUT2D eigenvalue weighted by molar-refractivity contribution is 5.25. The molecule has 1 fully saturated rings. The van der Waals surface area contributed by atoms with E-state index in [0.717, 1.165) is 32.6 Å². The fraction of sp³-hybridized carbons (Fsp3) is 0.636. The van der Waals surface area contributed by atoms with Gasteiger partial charge in [0.25, 0.3) is 5.56 Å². The van der Waals surface area contributed by atoms with Gasteiger partial charge in [-0.15, -0.1) is 0 Å². The van der Waals surface area contributed by atoms with Gasteiger partial charge in [-0.25, -0.2) is 4.98 Å². The summed E-state index contributed by atoms with van der Waals surface area (Å²) in [4.78, 5) is 17.9. The molecule has 0 bridgehead atoms. The third-order valence-electron chi connectivity index (χ3n) is 2.77. The van der Waals surface area contributed by atoms with Crippen LogP contribution in [0.2, 0.25) is 0 Å². The molecule has 2 heterocycles. The van der Waals surface area contributed by atoms with Gasteiger partial charge in [-0.1, -0.05) is 0 Å². The van der Waals surface area contributed by atoms with Gasteiger partial charge in [0.15, 0.2) is 0 Å². The lowest BCUT2D eigenvalue weighted by Crippen LogP contribution is -2.38. The average molecular weight is 238 g/mol.